The van der Waals surface area contributed by atoms with Gasteiger partial charge < -0.3 is 24.6 Å². The summed E-state index contributed by atoms with van der Waals surface area (Å²) in [4.78, 5) is 70.5. The number of carbonyl (C=O) groups excluding carboxylic acids is 5. The number of hydrogen-bond acceptors (Lipinski definition) is 13. The van der Waals surface area contributed by atoms with Gasteiger partial charge in [0.1, 0.15) is 6.04 Å². The number of benzene rings is 1. The molecule has 2 fully saturated rings. The summed E-state index contributed by atoms with van der Waals surface area (Å²) in [5, 5.41) is 12.3. The number of nitrogens with zero attached hydrogens (tertiary/aromatic N) is 4. The number of amides is 3. The van der Waals surface area contributed by atoms with Gasteiger partial charge in [0, 0.05) is 49.5 Å². The van der Waals surface area contributed by atoms with E-state index in [4.69, 9.17) is 18.5 Å². The van der Waals surface area contributed by atoms with Crippen molar-refractivity contribution in [2.75, 3.05) is 53.4 Å². The van der Waals surface area contributed by atoms with Crippen molar-refractivity contribution in [3.63, 3.8) is 0 Å². The van der Waals surface area contributed by atoms with E-state index in [1.807, 2.05) is 0 Å². The van der Waals surface area contributed by atoms with Gasteiger partial charge in [0.2, 0.25) is 25.4 Å². The molecule has 1 N–H and O–H groups in total. The van der Waals surface area contributed by atoms with Crippen LogP contribution in [0.3, 0.4) is 0 Å². The normalized spacial score (nSPS) is 19.4. The molecule has 3 amide bonds. The summed E-state index contributed by atoms with van der Waals surface area (Å²) in [5.41, 5.74) is -8.24. The van der Waals surface area contributed by atoms with Crippen molar-refractivity contribution in [1.29, 1.82) is 5.26 Å². The second kappa shape index (κ2) is 19.7. The van der Waals surface area contributed by atoms with Crippen LogP contribution in [0, 0.1) is 33.5 Å². The SMILES string of the molecule is CN(CC(C)(C)C#N)C(=O)[C@@H]1CC[C@@H]2CCN(CC(F)F)CC(CNC(=O)c3cc4cc(C(F)(F)P(=O)(OCOC(=O)C(C)(C)C)OCOC(=O)C(C)(C)C)ccc4s3)C(=O)N21. The Morgan fingerprint density at radius 2 is 1.56 bits per heavy atom. The zero-order chi connectivity index (χ0) is 46.6. The summed E-state index contributed by atoms with van der Waals surface area (Å²) in [5.74, 6) is -4.26. The topological polar surface area (TPSA) is 185 Å². The molecule has 2 aliphatic rings. The van der Waals surface area contributed by atoms with E-state index in [9.17, 15) is 42.6 Å². The minimum absolute atomic E-state index is 0.0379. The van der Waals surface area contributed by atoms with Crippen LogP contribution in [0.2, 0.25) is 0 Å². The van der Waals surface area contributed by atoms with E-state index >= 15 is 8.78 Å². The molecule has 0 bridgehead atoms. The first-order chi connectivity index (χ1) is 28.6. The van der Waals surface area contributed by atoms with Gasteiger partial charge in [0.25, 0.3) is 12.3 Å². The maximum Gasteiger partial charge on any atom is 0.410 e. The number of rotatable bonds is 16. The van der Waals surface area contributed by atoms with Gasteiger partial charge in [-0.2, -0.15) is 14.0 Å². The zero-order valence-electron chi connectivity index (χ0n) is 36.4. The van der Waals surface area contributed by atoms with Gasteiger partial charge in [-0.15, -0.1) is 11.3 Å². The van der Waals surface area contributed by atoms with E-state index in [0.29, 0.717) is 24.0 Å². The van der Waals surface area contributed by atoms with Crippen molar-refractivity contribution in [3.8, 4) is 6.07 Å². The standard InChI is InChI=1S/C41H56F4N5O10PS/c1-38(2,3)36(54)57-23-59-61(56,60-24-58-37(55)39(4,5)6)41(44,45)27-10-13-30-25(16-27)17-31(62-30)33(51)47-18-26-19-49(20-32(42)43)15-14-28-11-12-29(50(28)34(26)52)35(53)48(9)22-40(7,8)21-46/h10,13,16-17,26,28-29,32H,11-12,14-15,18-20,22-24H2,1-9H3,(H,47,51)/t26?,28-,29+/m1/s1. The number of carbonyl (C=O) groups is 5. The molecule has 0 saturated carbocycles. The van der Waals surface area contributed by atoms with E-state index in [1.165, 1.54) is 68.4 Å². The van der Waals surface area contributed by atoms with Gasteiger partial charge >= 0.3 is 25.2 Å². The maximum atomic E-state index is 16.3. The third-order valence-corrected chi connectivity index (χ3v) is 13.3. The average molecular weight is 918 g/mol. The number of halogens is 4. The number of likely N-dealkylation sites (N-methyl/N-ethyl adjacent to an activating group) is 1. The predicted octanol–water partition coefficient (Wildman–Crippen LogP) is 6.96. The molecule has 2 aromatic rings. The van der Waals surface area contributed by atoms with Crippen LogP contribution < -0.4 is 5.32 Å². The molecule has 62 heavy (non-hydrogen) atoms. The van der Waals surface area contributed by atoms with Crippen molar-refractivity contribution in [3.05, 3.63) is 34.7 Å². The van der Waals surface area contributed by atoms with E-state index < -0.39 is 103 Å². The highest BCUT2D eigenvalue weighted by atomic mass is 32.1. The smallest absolute Gasteiger partial charge is 0.410 e. The molecule has 2 saturated heterocycles. The maximum absolute atomic E-state index is 16.3. The quantitative estimate of drug-likeness (QED) is 0.0792. The lowest BCUT2D eigenvalue weighted by atomic mass is 9.95. The Morgan fingerprint density at radius 1 is 0.968 bits per heavy atom. The van der Waals surface area contributed by atoms with E-state index in [2.05, 4.69) is 11.4 Å². The van der Waals surface area contributed by atoms with Crippen LogP contribution >= 0.6 is 18.9 Å². The van der Waals surface area contributed by atoms with E-state index in [0.717, 1.165) is 23.5 Å². The van der Waals surface area contributed by atoms with Crippen molar-refractivity contribution in [2.24, 2.45) is 22.2 Å². The highest BCUT2D eigenvalue weighted by Crippen LogP contribution is 2.67. The Balaban J connectivity index is 1.56. The number of alkyl halides is 4. The molecule has 1 aromatic heterocycles. The summed E-state index contributed by atoms with van der Waals surface area (Å²) < 4.78 is 93.6. The first-order valence-corrected chi connectivity index (χ1v) is 22.4. The van der Waals surface area contributed by atoms with Crippen LogP contribution in [-0.4, -0.2) is 116 Å². The Morgan fingerprint density at radius 3 is 2.11 bits per heavy atom. The number of esters is 2. The van der Waals surface area contributed by atoms with Gasteiger partial charge in [0.05, 0.1) is 39.7 Å². The van der Waals surface area contributed by atoms with Crippen LogP contribution in [-0.2, 0) is 47.9 Å². The van der Waals surface area contributed by atoms with Gasteiger partial charge in [-0.3, -0.25) is 42.5 Å². The Labute approximate surface area is 362 Å². The minimum Gasteiger partial charge on any atom is -0.438 e. The fourth-order valence-corrected chi connectivity index (χ4v) is 9.17. The highest BCUT2D eigenvalue weighted by molar-refractivity contribution is 7.54. The molecular weight excluding hydrogens is 862 g/mol. The van der Waals surface area contributed by atoms with Gasteiger partial charge in [0.15, 0.2) is 0 Å². The predicted molar refractivity (Wildman–Crippen MR) is 220 cm³/mol. The molecule has 0 radical (unpaired) electrons. The molecule has 0 aliphatic carbocycles. The van der Waals surface area contributed by atoms with Crippen molar-refractivity contribution in [2.45, 2.75) is 98.8 Å². The molecule has 344 valence electrons. The zero-order valence-corrected chi connectivity index (χ0v) is 38.1. The van der Waals surface area contributed by atoms with Crippen LogP contribution in [0.4, 0.5) is 17.6 Å². The second-order valence-electron chi connectivity index (χ2n) is 18.3. The number of nitriles is 1. The fourth-order valence-electron chi connectivity index (χ4n) is 6.97. The first-order valence-electron chi connectivity index (χ1n) is 20.0. The van der Waals surface area contributed by atoms with Gasteiger partial charge in [-0.1, -0.05) is 6.07 Å². The van der Waals surface area contributed by atoms with Gasteiger partial charge in [-0.05, 0) is 98.2 Å². The number of fused-ring (bicyclic) bond motifs is 2. The summed E-state index contributed by atoms with van der Waals surface area (Å²) in [6.45, 7) is 9.32. The summed E-state index contributed by atoms with van der Waals surface area (Å²) >= 11 is 0.922. The Bertz CT molecular complexity index is 2050. The molecular formula is C41H56F4N5O10PS. The molecule has 3 atom stereocenters. The minimum atomic E-state index is -5.63. The monoisotopic (exact) mass is 917 g/mol. The third kappa shape index (κ3) is 12.3. The lowest BCUT2D eigenvalue weighted by molar-refractivity contribution is -0.163. The van der Waals surface area contributed by atoms with Gasteiger partial charge in [-0.25, -0.2) is 8.78 Å². The van der Waals surface area contributed by atoms with Crippen LogP contribution in [0.25, 0.3) is 10.1 Å². The van der Waals surface area contributed by atoms with Crippen molar-refractivity contribution >= 4 is 58.7 Å². The Hall–Kier alpha value is -4.15. The largest absolute Gasteiger partial charge is 0.438 e. The Kier molecular flexibility index (Phi) is 16.1. The fraction of sp³-hybridized carbons (Fsp3) is 0.659. The molecule has 15 nitrogen and oxygen atoms in total. The summed E-state index contributed by atoms with van der Waals surface area (Å²) in [6, 6.07) is 5.36. The molecule has 4 rings (SSSR count). The lowest BCUT2D eigenvalue weighted by Crippen LogP contribution is -2.57. The molecule has 1 aromatic carbocycles. The average Bonchev–Trinajstić information content (AvgIpc) is 3.80. The van der Waals surface area contributed by atoms with E-state index in [-0.39, 0.29) is 42.3 Å². The lowest BCUT2D eigenvalue weighted by Gasteiger charge is -2.39. The number of thiophene rings is 1. The number of ether oxygens (including phenoxy) is 2. The number of nitrogens with one attached hydrogen (secondary N) is 1. The third-order valence-electron chi connectivity index (χ3n) is 10.3. The summed E-state index contributed by atoms with van der Waals surface area (Å²) in [7, 11) is -4.07. The van der Waals surface area contributed by atoms with Crippen molar-refractivity contribution < 1.29 is 64.6 Å². The molecule has 3 heterocycles. The molecule has 21 heteroatoms. The molecule has 2 aliphatic heterocycles. The molecule has 0 spiro atoms. The van der Waals surface area contributed by atoms with Crippen molar-refractivity contribution in [1.82, 2.24) is 20.0 Å². The van der Waals surface area contributed by atoms with Crippen LogP contribution in [0.1, 0.15) is 89.9 Å². The highest BCUT2D eigenvalue weighted by Gasteiger charge is 2.56. The number of hydrogen-bond donors (Lipinski definition) is 1. The molecule has 1 unspecified atom stereocenters. The van der Waals surface area contributed by atoms with E-state index in [1.54, 1.807) is 20.9 Å². The first kappa shape index (κ1) is 50.5. The van der Waals surface area contributed by atoms with Crippen LogP contribution in [0.5, 0.6) is 0 Å². The van der Waals surface area contributed by atoms with Crippen LogP contribution in [0.15, 0.2) is 24.3 Å². The summed E-state index contributed by atoms with van der Waals surface area (Å²) in [6.07, 6.45) is -1.52. The second-order valence-corrected chi connectivity index (χ2v) is 21.4.